The number of likely N-dealkylation sites (tertiary alicyclic amines) is 1. The highest BCUT2D eigenvalue weighted by Crippen LogP contribution is 2.30. The van der Waals surface area contributed by atoms with Crippen LogP contribution in [0.2, 0.25) is 0 Å². The van der Waals surface area contributed by atoms with E-state index in [4.69, 9.17) is 9.82 Å². The van der Waals surface area contributed by atoms with Gasteiger partial charge in [0.05, 0.1) is 17.8 Å². The highest BCUT2D eigenvalue weighted by atomic mass is 19.1. The van der Waals surface area contributed by atoms with E-state index in [-0.39, 0.29) is 23.8 Å². The Morgan fingerprint density at radius 3 is 2.49 bits per heavy atom. The maximum atomic E-state index is 14.0. The standard InChI is InChI=1S/C27H28F2N4O2/c1-17-6-4-7-21(14-17)35-32-18(2)23-16-30-19(3)31-27(23)20-10-12-33(13-11-20)26(34)15-22-24(28)8-5-9-25(22)29/h4-9,14,16,20H,10-13,15H2,1-3H3. The minimum Gasteiger partial charge on any atom is -0.357 e. The topological polar surface area (TPSA) is 67.7 Å². The summed E-state index contributed by atoms with van der Waals surface area (Å²) in [7, 11) is 0. The van der Waals surface area contributed by atoms with E-state index < -0.39 is 11.6 Å². The lowest BCUT2D eigenvalue weighted by atomic mass is 9.89. The van der Waals surface area contributed by atoms with E-state index in [0.29, 0.717) is 43.2 Å². The third kappa shape index (κ3) is 5.88. The van der Waals surface area contributed by atoms with Crippen molar-refractivity contribution in [1.29, 1.82) is 0 Å². The van der Waals surface area contributed by atoms with E-state index in [0.717, 1.165) is 16.8 Å². The van der Waals surface area contributed by atoms with Crippen molar-refractivity contribution in [3.63, 3.8) is 0 Å². The Kier molecular flexibility index (Phi) is 7.48. The number of hydrogen-bond acceptors (Lipinski definition) is 5. The van der Waals surface area contributed by atoms with Gasteiger partial charge >= 0.3 is 0 Å². The van der Waals surface area contributed by atoms with Gasteiger partial charge in [-0.1, -0.05) is 23.4 Å². The third-order valence-electron chi connectivity index (χ3n) is 6.23. The predicted octanol–water partition coefficient (Wildman–Crippen LogP) is 5.12. The lowest BCUT2D eigenvalue weighted by Crippen LogP contribution is -2.39. The minimum absolute atomic E-state index is 0.102. The van der Waals surface area contributed by atoms with Crippen LogP contribution in [-0.4, -0.2) is 39.6 Å². The van der Waals surface area contributed by atoms with Gasteiger partial charge in [0.1, 0.15) is 17.5 Å². The van der Waals surface area contributed by atoms with E-state index in [1.807, 2.05) is 45.0 Å². The molecule has 1 aliphatic rings. The van der Waals surface area contributed by atoms with Crippen LogP contribution in [0, 0.1) is 25.5 Å². The Morgan fingerprint density at radius 2 is 1.80 bits per heavy atom. The van der Waals surface area contributed by atoms with Crippen molar-refractivity contribution in [3.8, 4) is 5.75 Å². The molecule has 0 N–H and O–H groups in total. The number of nitrogens with zero attached hydrogens (tertiary/aromatic N) is 4. The van der Waals surface area contributed by atoms with Gasteiger partial charge in [0.15, 0.2) is 5.75 Å². The first-order valence-corrected chi connectivity index (χ1v) is 11.6. The van der Waals surface area contributed by atoms with Gasteiger partial charge in [0.2, 0.25) is 5.91 Å². The second-order valence-corrected chi connectivity index (χ2v) is 8.83. The quantitative estimate of drug-likeness (QED) is 0.364. The molecule has 1 fully saturated rings. The maximum absolute atomic E-state index is 14.0. The number of halogens is 2. The van der Waals surface area contributed by atoms with Gasteiger partial charge in [-0.25, -0.2) is 18.7 Å². The number of benzene rings is 2. The Morgan fingerprint density at radius 1 is 1.11 bits per heavy atom. The summed E-state index contributed by atoms with van der Waals surface area (Å²) in [5.74, 6) is -0.267. The average Bonchev–Trinajstić information content (AvgIpc) is 2.85. The normalized spacial score (nSPS) is 14.8. The molecule has 2 aromatic carbocycles. The van der Waals surface area contributed by atoms with Crippen LogP contribution in [0.3, 0.4) is 0 Å². The lowest BCUT2D eigenvalue weighted by molar-refractivity contribution is -0.131. The van der Waals surface area contributed by atoms with Gasteiger partial charge in [-0.2, -0.15) is 0 Å². The van der Waals surface area contributed by atoms with Crippen LogP contribution in [0.1, 0.15) is 53.9 Å². The molecule has 1 aliphatic heterocycles. The van der Waals surface area contributed by atoms with Crippen LogP contribution in [0.4, 0.5) is 8.78 Å². The summed E-state index contributed by atoms with van der Waals surface area (Å²) in [4.78, 5) is 29.0. The van der Waals surface area contributed by atoms with Crippen molar-refractivity contribution >= 4 is 11.6 Å². The summed E-state index contributed by atoms with van der Waals surface area (Å²) >= 11 is 0. The molecule has 1 amide bonds. The number of oxime groups is 1. The SMILES string of the molecule is CC(=NOc1cccc(C)c1)c1cnc(C)nc1C1CCN(C(=O)Cc2c(F)cccc2F)CC1. The zero-order chi connectivity index (χ0) is 24.9. The predicted molar refractivity (Wildman–Crippen MR) is 129 cm³/mol. The zero-order valence-electron chi connectivity index (χ0n) is 20.1. The Labute approximate surface area is 203 Å². The Hall–Kier alpha value is -3.68. The molecule has 0 unspecified atom stereocenters. The molecule has 3 aromatic rings. The zero-order valence-corrected chi connectivity index (χ0v) is 20.1. The number of hydrogen-bond donors (Lipinski definition) is 0. The smallest absolute Gasteiger partial charge is 0.227 e. The van der Waals surface area contributed by atoms with Crippen LogP contribution >= 0.6 is 0 Å². The molecular formula is C27H28F2N4O2. The van der Waals surface area contributed by atoms with Gasteiger partial charge in [0, 0.05) is 36.3 Å². The minimum atomic E-state index is -0.697. The van der Waals surface area contributed by atoms with Crippen LogP contribution in [0.25, 0.3) is 0 Å². The first-order chi connectivity index (χ1) is 16.8. The average molecular weight is 479 g/mol. The molecule has 0 bridgehead atoms. The number of carbonyl (C=O) groups excluding carboxylic acids is 1. The Balaban J connectivity index is 1.45. The second kappa shape index (κ2) is 10.7. The first kappa shape index (κ1) is 24.4. The van der Waals surface area contributed by atoms with Crippen LogP contribution in [0.15, 0.2) is 53.8 Å². The largest absolute Gasteiger partial charge is 0.357 e. The molecule has 0 spiro atoms. The highest BCUT2D eigenvalue weighted by molar-refractivity contribution is 5.99. The number of aromatic nitrogens is 2. The molecule has 8 heteroatoms. The second-order valence-electron chi connectivity index (χ2n) is 8.83. The van der Waals surface area contributed by atoms with Crippen LogP contribution < -0.4 is 4.84 Å². The summed E-state index contributed by atoms with van der Waals surface area (Å²) in [5.41, 5.74) is 3.23. The van der Waals surface area contributed by atoms with Gasteiger partial charge in [-0.3, -0.25) is 4.79 Å². The molecule has 35 heavy (non-hydrogen) atoms. The summed E-state index contributed by atoms with van der Waals surface area (Å²) in [5, 5.41) is 4.30. The van der Waals surface area contributed by atoms with E-state index >= 15 is 0 Å². The number of amides is 1. The van der Waals surface area contributed by atoms with E-state index in [1.54, 1.807) is 11.1 Å². The van der Waals surface area contributed by atoms with Gasteiger partial charge in [0.25, 0.3) is 0 Å². The van der Waals surface area contributed by atoms with Gasteiger partial charge in [-0.15, -0.1) is 0 Å². The van der Waals surface area contributed by atoms with Crippen molar-refractivity contribution in [3.05, 3.63) is 88.5 Å². The van der Waals surface area contributed by atoms with Crippen molar-refractivity contribution in [2.45, 2.75) is 46.0 Å². The molecule has 0 atom stereocenters. The summed E-state index contributed by atoms with van der Waals surface area (Å²) in [6.45, 7) is 6.65. The number of carbonyl (C=O) groups is 1. The molecule has 0 aliphatic carbocycles. The molecule has 4 rings (SSSR count). The molecule has 1 aromatic heterocycles. The molecule has 2 heterocycles. The molecule has 6 nitrogen and oxygen atoms in total. The van der Waals surface area contributed by atoms with E-state index in [9.17, 15) is 13.6 Å². The molecule has 0 radical (unpaired) electrons. The van der Waals surface area contributed by atoms with Crippen molar-refractivity contribution in [2.75, 3.05) is 13.1 Å². The molecule has 1 saturated heterocycles. The van der Waals surface area contributed by atoms with Crippen molar-refractivity contribution < 1.29 is 18.4 Å². The van der Waals surface area contributed by atoms with Crippen LogP contribution in [-0.2, 0) is 11.2 Å². The third-order valence-corrected chi connectivity index (χ3v) is 6.23. The highest BCUT2D eigenvalue weighted by Gasteiger charge is 2.28. The van der Waals surface area contributed by atoms with Crippen molar-refractivity contribution in [2.24, 2.45) is 5.16 Å². The molecular weight excluding hydrogens is 450 g/mol. The summed E-state index contributed by atoms with van der Waals surface area (Å²) < 4.78 is 27.9. The van der Waals surface area contributed by atoms with Crippen molar-refractivity contribution in [1.82, 2.24) is 14.9 Å². The monoisotopic (exact) mass is 478 g/mol. The van der Waals surface area contributed by atoms with Crippen LogP contribution in [0.5, 0.6) is 5.75 Å². The Bertz CT molecular complexity index is 1230. The van der Waals surface area contributed by atoms with Gasteiger partial charge in [-0.05, 0) is 63.4 Å². The maximum Gasteiger partial charge on any atom is 0.227 e. The number of aryl methyl sites for hydroxylation is 2. The molecule has 0 saturated carbocycles. The van der Waals surface area contributed by atoms with E-state index in [2.05, 4.69) is 10.1 Å². The summed E-state index contributed by atoms with van der Waals surface area (Å²) in [6, 6.07) is 11.3. The lowest BCUT2D eigenvalue weighted by Gasteiger charge is -2.32. The number of piperidine rings is 1. The van der Waals surface area contributed by atoms with E-state index in [1.165, 1.54) is 18.2 Å². The fourth-order valence-corrected chi connectivity index (χ4v) is 4.29. The van der Waals surface area contributed by atoms with Gasteiger partial charge < -0.3 is 9.74 Å². The fourth-order valence-electron chi connectivity index (χ4n) is 4.29. The molecule has 182 valence electrons. The first-order valence-electron chi connectivity index (χ1n) is 11.6. The summed E-state index contributed by atoms with van der Waals surface area (Å²) in [6.07, 6.45) is 2.83. The number of rotatable bonds is 6. The fraction of sp³-hybridized carbons (Fsp3) is 0.333.